The fourth-order valence-corrected chi connectivity index (χ4v) is 1.99. The average Bonchev–Trinajstić information content (AvgIpc) is 2.60. The molecule has 0 saturated heterocycles. The Morgan fingerprint density at radius 1 is 1.12 bits per heavy atom. The molecule has 0 radical (unpaired) electrons. The Morgan fingerprint density at radius 3 is 2.42 bits per heavy atom. The molecule has 24 heavy (non-hydrogen) atoms. The fraction of sp³-hybridized carbons (Fsp3) is 0.167. The van der Waals surface area contributed by atoms with Crippen molar-refractivity contribution < 1.29 is 19.1 Å². The standard InChI is InChI=1S/C18H16N2O4/c1-12(21)14-4-6-15(7-5-14)20-18(22)11-24-16-8-3-13(10-19)9-17(16)23-2/h3-9H,11H2,1-2H3,(H,20,22). The summed E-state index contributed by atoms with van der Waals surface area (Å²) in [5.41, 5.74) is 1.58. The molecule has 0 aliphatic carbocycles. The van der Waals surface area contributed by atoms with Gasteiger partial charge in [0.2, 0.25) is 0 Å². The molecular formula is C18H16N2O4. The zero-order valence-corrected chi connectivity index (χ0v) is 13.3. The van der Waals surface area contributed by atoms with Gasteiger partial charge in [-0.05, 0) is 43.3 Å². The Labute approximate surface area is 139 Å². The second-order valence-corrected chi connectivity index (χ2v) is 4.95. The summed E-state index contributed by atoms with van der Waals surface area (Å²) in [6, 6.07) is 13.3. The summed E-state index contributed by atoms with van der Waals surface area (Å²) in [6.45, 7) is 1.27. The molecule has 0 fully saturated rings. The van der Waals surface area contributed by atoms with E-state index in [1.807, 2.05) is 6.07 Å². The SMILES string of the molecule is COc1cc(C#N)ccc1OCC(=O)Nc1ccc(C(C)=O)cc1. The molecule has 0 spiro atoms. The van der Waals surface area contributed by atoms with Crippen LogP contribution >= 0.6 is 0 Å². The van der Waals surface area contributed by atoms with Gasteiger partial charge in [0, 0.05) is 17.3 Å². The van der Waals surface area contributed by atoms with Crippen LogP contribution in [0.25, 0.3) is 0 Å². The monoisotopic (exact) mass is 324 g/mol. The predicted octanol–water partition coefficient (Wildman–Crippen LogP) is 2.79. The van der Waals surface area contributed by atoms with E-state index in [4.69, 9.17) is 14.7 Å². The van der Waals surface area contributed by atoms with Crippen molar-refractivity contribution in [2.24, 2.45) is 0 Å². The number of rotatable bonds is 6. The third-order valence-electron chi connectivity index (χ3n) is 3.23. The number of carbonyl (C=O) groups excluding carboxylic acids is 2. The van der Waals surface area contributed by atoms with Gasteiger partial charge in [-0.15, -0.1) is 0 Å². The molecule has 0 heterocycles. The van der Waals surface area contributed by atoms with Crippen LogP contribution in [0.15, 0.2) is 42.5 Å². The molecule has 0 aliphatic rings. The minimum Gasteiger partial charge on any atom is -0.493 e. The first-order chi connectivity index (χ1) is 11.5. The third-order valence-corrected chi connectivity index (χ3v) is 3.23. The van der Waals surface area contributed by atoms with E-state index in [0.717, 1.165) is 0 Å². The normalized spacial score (nSPS) is 9.71. The molecule has 2 aromatic carbocycles. The van der Waals surface area contributed by atoms with E-state index in [0.29, 0.717) is 28.3 Å². The third kappa shape index (κ3) is 4.34. The van der Waals surface area contributed by atoms with Crippen molar-refractivity contribution in [3.8, 4) is 17.6 Å². The Bertz CT molecular complexity index is 792. The number of methoxy groups -OCH3 is 1. The van der Waals surface area contributed by atoms with Crippen LogP contribution in [0.2, 0.25) is 0 Å². The van der Waals surface area contributed by atoms with Gasteiger partial charge in [-0.3, -0.25) is 9.59 Å². The van der Waals surface area contributed by atoms with Crippen LogP contribution in [-0.4, -0.2) is 25.4 Å². The summed E-state index contributed by atoms with van der Waals surface area (Å²) in [7, 11) is 1.46. The summed E-state index contributed by atoms with van der Waals surface area (Å²) in [4.78, 5) is 23.1. The molecule has 0 aromatic heterocycles. The largest absolute Gasteiger partial charge is 0.493 e. The maximum Gasteiger partial charge on any atom is 0.262 e. The Balaban J connectivity index is 1.96. The molecule has 2 aromatic rings. The molecular weight excluding hydrogens is 308 g/mol. The Morgan fingerprint density at radius 2 is 1.83 bits per heavy atom. The van der Waals surface area contributed by atoms with Gasteiger partial charge in [0.15, 0.2) is 23.9 Å². The van der Waals surface area contributed by atoms with E-state index in [1.165, 1.54) is 20.1 Å². The van der Waals surface area contributed by atoms with Crippen molar-refractivity contribution in [1.82, 2.24) is 0 Å². The molecule has 6 heteroatoms. The summed E-state index contributed by atoms with van der Waals surface area (Å²) in [5.74, 6) is 0.368. The average molecular weight is 324 g/mol. The van der Waals surface area contributed by atoms with Gasteiger partial charge < -0.3 is 14.8 Å². The number of amides is 1. The first kappa shape index (κ1) is 17.0. The maximum atomic E-state index is 11.9. The maximum absolute atomic E-state index is 11.9. The lowest BCUT2D eigenvalue weighted by Crippen LogP contribution is -2.20. The zero-order valence-electron chi connectivity index (χ0n) is 13.3. The highest BCUT2D eigenvalue weighted by molar-refractivity contribution is 5.95. The lowest BCUT2D eigenvalue weighted by atomic mass is 10.1. The molecule has 6 nitrogen and oxygen atoms in total. The summed E-state index contributed by atoms with van der Waals surface area (Å²) in [6.07, 6.45) is 0. The van der Waals surface area contributed by atoms with Gasteiger partial charge in [0.05, 0.1) is 18.7 Å². The predicted molar refractivity (Wildman–Crippen MR) is 88.3 cm³/mol. The number of ether oxygens (including phenoxy) is 2. The van der Waals surface area contributed by atoms with Crippen LogP contribution in [0.3, 0.4) is 0 Å². The van der Waals surface area contributed by atoms with Gasteiger partial charge in [-0.2, -0.15) is 5.26 Å². The van der Waals surface area contributed by atoms with Crippen LogP contribution in [0.5, 0.6) is 11.5 Å². The summed E-state index contributed by atoms with van der Waals surface area (Å²) in [5, 5.41) is 11.5. The molecule has 0 aliphatic heterocycles. The van der Waals surface area contributed by atoms with E-state index in [1.54, 1.807) is 36.4 Å². The second kappa shape index (κ2) is 7.79. The van der Waals surface area contributed by atoms with Crippen molar-refractivity contribution in [3.05, 3.63) is 53.6 Å². The number of nitriles is 1. The number of nitrogens with zero attached hydrogens (tertiary/aromatic N) is 1. The van der Waals surface area contributed by atoms with Gasteiger partial charge in [0.1, 0.15) is 0 Å². The van der Waals surface area contributed by atoms with Crippen molar-refractivity contribution in [2.75, 3.05) is 19.0 Å². The number of nitrogens with one attached hydrogen (secondary N) is 1. The second-order valence-electron chi connectivity index (χ2n) is 4.95. The van der Waals surface area contributed by atoms with Gasteiger partial charge in [-0.25, -0.2) is 0 Å². The summed E-state index contributed by atoms with van der Waals surface area (Å²) < 4.78 is 10.6. The summed E-state index contributed by atoms with van der Waals surface area (Å²) >= 11 is 0. The Hall–Kier alpha value is -3.33. The van der Waals surface area contributed by atoms with Crippen LogP contribution < -0.4 is 14.8 Å². The smallest absolute Gasteiger partial charge is 0.262 e. The zero-order chi connectivity index (χ0) is 17.5. The van der Waals surface area contributed by atoms with Gasteiger partial charge >= 0.3 is 0 Å². The van der Waals surface area contributed by atoms with E-state index in [2.05, 4.69) is 5.32 Å². The van der Waals surface area contributed by atoms with Crippen molar-refractivity contribution >= 4 is 17.4 Å². The molecule has 0 unspecified atom stereocenters. The highest BCUT2D eigenvalue weighted by Crippen LogP contribution is 2.27. The number of hydrogen-bond donors (Lipinski definition) is 1. The van der Waals surface area contributed by atoms with Crippen LogP contribution in [0.1, 0.15) is 22.8 Å². The molecule has 1 amide bonds. The quantitative estimate of drug-likeness (QED) is 0.825. The minimum atomic E-state index is -0.350. The van der Waals surface area contributed by atoms with Crippen LogP contribution in [-0.2, 0) is 4.79 Å². The number of carbonyl (C=O) groups is 2. The van der Waals surface area contributed by atoms with E-state index >= 15 is 0 Å². The Kier molecular flexibility index (Phi) is 5.53. The van der Waals surface area contributed by atoms with E-state index < -0.39 is 0 Å². The molecule has 122 valence electrons. The first-order valence-corrected chi connectivity index (χ1v) is 7.15. The van der Waals surface area contributed by atoms with Crippen LogP contribution in [0.4, 0.5) is 5.69 Å². The fourth-order valence-electron chi connectivity index (χ4n) is 1.99. The lowest BCUT2D eigenvalue weighted by molar-refractivity contribution is -0.118. The molecule has 2 rings (SSSR count). The molecule has 1 N–H and O–H groups in total. The minimum absolute atomic E-state index is 0.0379. The highest BCUT2D eigenvalue weighted by atomic mass is 16.5. The number of hydrogen-bond acceptors (Lipinski definition) is 5. The van der Waals surface area contributed by atoms with Gasteiger partial charge in [-0.1, -0.05) is 0 Å². The topological polar surface area (TPSA) is 88.4 Å². The van der Waals surface area contributed by atoms with Crippen molar-refractivity contribution in [1.29, 1.82) is 5.26 Å². The van der Waals surface area contributed by atoms with E-state index in [9.17, 15) is 9.59 Å². The van der Waals surface area contributed by atoms with Crippen molar-refractivity contribution in [2.45, 2.75) is 6.92 Å². The molecule has 0 saturated carbocycles. The number of anilines is 1. The molecule has 0 bridgehead atoms. The number of benzene rings is 2. The first-order valence-electron chi connectivity index (χ1n) is 7.15. The van der Waals surface area contributed by atoms with Gasteiger partial charge in [0.25, 0.3) is 5.91 Å². The molecule has 0 atom stereocenters. The lowest BCUT2D eigenvalue weighted by Gasteiger charge is -2.11. The highest BCUT2D eigenvalue weighted by Gasteiger charge is 2.09. The van der Waals surface area contributed by atoms with E-state index in [-0.39, 0.29) is 18.3 Å². The number of ketones is 1. The van der Waals surface area contributed by atoms with Crippen molar-refractivity contribution in [3.63, 3.8) is 0 Å². The number of Topliss-reactive ketones (excluding diaryl/α,β-unsaturated/α-hetero) is 1. The van der Waals surface area contributed by atoms with Crippen LogP contribution in [0, 0.1) is 11.3 Å².